The summed E-state index contributed by atoms with van der Waals surface area (Å²) < 4.78 is 0.766. The molecule has 0 aliphatic rings. The molecule has 70 valence electrons. The lowest BCUT2D eigenvalue weighted by Gasteiger charge is -2.06. The summed E-state index contributed by atoms with van der Waals surface area (Å²) in [6.45, 7) is 4.11. The topological polar surface area (TPSA) is 26.0 Å². The van der Waals surface area contributed by atoms with Crippen molar-refractivity contribution in [3.63, 3.8) is 0 Å². The Labute approximate surface area is 87.9 Å². The van der Waals surface area contributed by atoms with E-state index in [1.54, 1.807) is 0 Å². The fourth-order valence-electron chi connectivity index (χ4n) is 0.703. The van der Waals surface area contributed by atoms with Crippen molar-refractivity contribution in [3.8, 4) is 11.8 Å². The van der Waals surface area contributed by atoms with E-state index in [9.17, 15) is 0 Å². The molecule has 1 unspecified atom stereocenters. The van der Waals surface area contributed by atoms with Crippen molar-refractivity contribution in [1.29, 1.82) is 0 Å². The molecule has 1 aromatic heterocycles. The summed E-state index contributed by atoms with van der Waals surface area (Å²) in [4.78, 5) is 0.973. The van der Waals surface area contributed by atoms with Gasteiger partial charge in [-0.15, -0.1) is 11.3 Å². The van der Waals surface area contributed by atoms with Gasteiger partial charge in [0.15, 0.2) is 0 Å². The summed E-state index contributed by atoms with van der Waals surface area (Å²) >= 11 is 7.24. The van der Waals surface area contributed by atoms with Crippen LogP contribution in [0.15, 0.2) is 12.1 Å². The first-order chi connectivity index (χ1) is 6.09. The Hall–Kier alpha value is -0.490. The molecule has 13 heavy (non-hydrogen) atoms. The van der Waals surface area contributed by atoms with Gasteiger partial charge < -0.3 is 5.73 Å². The molecular formula is C10H12ClNS. The van der Waals surface area contributed by atoms with Crippen molar-refractivity contribution < 1.29 is 0 Å². The fourth-order valence-corrected chi connectivity index (χ4v) is 1.61. The van der Waals surface area contributed by atoms with Gasteiger partial charge in [0.25, 0.3) is 0 Å². The molecule has 2 N–H and O–H groups in total. The van der Waals surface area contributed by atoms with E-state index in [1.165, 1.54) is 11.3 Å². The monoisotopic (exact) mass is 213 g/mol. The molecule has 0 amide bonds. The summed E-state index contributed by atoms with van der Waals surface area (Å²) in [5.74, 6) is 6.39. The van der Waals surface area contributed by atoms with Gasteiger partial charge in [0, 0.05) is 0 Å². The minimum atomic E-state index is -0.0547. The zero-order valence-electron chi connectivity index (χ0n) is 7.67. The van der Waals surface area contributed by atoms with E-state index in [0.29, 0.717) is 5.92 Å². The lowest BCUT2D eigenvalue weighted by atomic mass is 10.1. The van der Waals surface area contributed by atoms with Gasteiger partial charge in [0.1, 0.15) is 0 Å². The zero-order chi connectivity index (χ0) is 9.84. The Balaban J connectivity index is 2.67. The van der Waals surface area contributed by atoms with Crippen LogP contribution in [0.3, 0.4) is 0 Å². The average Bonchev–Trinajstić information content (AvgIpc) is 2.47. The number of nitrogens with two attached hydrogens (primary N) is 1. The Morgan fingerprint density at radius 2 is 2.15 bits per heavy atom. The largest absolute Gasteiger partial charge is 0.317 e. The van der Waals surface area contributed by atoms with Gasteiger partial charge in [-0.25, -0.2) is 0 Å². The third-order valence-corrected chi connectivity index (χ3v) is 2.80. The van der Waals surface area contributed by atoms with Crippen molar-refractivity contribution in [3.05, 3.63) is 21.3 Å². The first kappa shape index (κ1) is 10.6. The quantitative estimate of drug-likeness (QED) is 0.714. The lowest BCUT2D eigenvalue weighted by molar-refractivity contribution is 0.584. The summed E-state index contributed by atoms with van der Waals surface area (Å²) in [6, 6.07) is 3.70. The van der Waals surface area contributed by atoms with Crippen LogP contribution in [0, 0.1) is 17.8 Å². The van der Waals surface area contributed by atoms with E-state index < -0.39 is 0 Å². The number of hydrogen-bond acceptors (Lipinski definition) is 2. The van der Waals surface area contributed by atoms with Crippen molar-refractivity contribution in [2.45, 2.75) is 19.9 Å². The Bertz CT molecular complexity index is 332. The van der Waals surface area contributed by atoms with E-state index >= 15 is 0 Å². The first-order valence-corrected chi connectivity index (χ1v) is 5.31. The third-order valence-electron chi connectivity index (χ3n) is 1.65. The summed E-state index contributed by atoms with van der Waals surface area (Å²) in [5.41, 5.74) is 5.77. The van der Waals surface area contributed by atoms with Crippen molar-refractivity contribution >= 4 is 22.9 Å². The highest BCUT2D eigenvalue weighted by Crippen LogP contribution is 2.20. The van der Waals surface area contributed by atoms with E-state index in [0.717, 1.165) is 9.21 Å². The van der Waals surface area contributed by atoms with Gasteiger partial charge in [-0.05, 0) is 18.1 Å². The van der Waals surface area contributed by atoms with Gasteiger partial charge in [-0.2, -0.15) is 0 Å². The average molecular weight is 214 g/mol. The Morgan fingerprint density at radius 1 is 1.46 bits per heavy atom. The molecule has 0 radical (unpaired) electrons. The van der Waals surface area contributed by atoms with Gasteiger partial charge in [-0.1, -0.05) is 37.3 Å². The molecule has 0 saturated carbocycles. The molecule has 3 heteroatoms. The molecule has 1 rings (SSSR count). The summed E-state index contributed by atoms with van der Waals surface area (Å²) in [6.07, 6.45) is 0. The molecular weight excluding hydrogens is 202 g/mol. The van der Waals surface area contributed by atoms with Crippen LogP contribution in [0.2, 0.25) is 4.34 Å². The van der Waals surface area contributed by atoms with Gasteiger partial charge in [0.05, 0.1) is 15.3 Å². The molecule has 0 bridgehead atoms. The predicted octanol–water partition coefficient (Wildman–Crippen LogP) is 2.74. The smallest absolute Gasteiger partial charge is 0.0941 e. The maximum Gasteiger partial charge on any atom is 0.0941 e. The van der Waals surface area contributed by atoms with E-state index in [-0.39, 0.29) is 6.04 Å². The predicted molar refractivity (Wildman–Crippen MR) is 59.0 cm³/mol. The van der Waals surface area contributed by atoms with Crippen molar-refractivity contribution in [2.75, 3.05) is 0 Å². The Kier molecular flexibility index (Phi) is 3.80. The molecule has 0 aromatic carbocycles. The summed E-state index contributed by atoms with van der Waals surface area (Å²) in [7, 11) is 0. The molecule has 0 fully saturated rings. The molecule has 1 atom stereocenters. The van der Waals surface area contributed by atoms with Crippen molar-refractivity contribution in [1.82, 2.24) is 0 Å². The second kappa shape index (κ2) is 4.66. The van der Waals surface area contributed by atoms with Crippen LogP contribution in [-0.4, -0.2) is 6.04 Å². The summed E-state index contributed by atoms with van der Waals surface area (Å²) in [5, 5.41) is 0. The standard InChI is InChI=1S/C10H12ClNS/c1-7(2)9(12)5-3-8-4-6-10(11)13-8/h4,6-7,9H,12H2,1-2H3. The van der Waals surface area contributed by atoms with Gasteiger partial charge in [-0.3, -0.25) is 0 Å². The van der Waals surface area contributed by atoms with Crippen LogP contribution in [0.1, 0.15) is 18.7 Å². The van der Waals surface area contributed by atoms with Crippen LogP contribution in [0.4, 0.5) is 0 Å². The van der Waals surface area contributed by atoms with Crippen LogP contribution in [0.25, 0.3) is 0 Å². The molecule has 0 spiro atoms. The maximum atomic E-state index is 5.77. The minimum Gasteiger partial charge on any atom is -0.317 e. The third kappa shape index (κ3) is 3.40. The number of halogens is 1. The number of hydrogen-bond donors (Lipinski definition) is 1. The normalized spacial score (nSPS) is 12.4. The number of rotatable bonds is 1. The van der Waals surface area contributed by atoms with Crippen molar-refractivity contribution in [2.24, 2.45) is 11.7 Å². The zero-order valence-corrected chi connectivity index (χ0v) is 9.25. The molecule has 0 aliphatic carbocycles. The van der Waals surface area contributed by atoms with Crippen LogP contribution in [0.5, 0.6) is 0 Å². The minimum absolute atomic E-state index is 0.0547. The second-order valence-electron chi connectivity index (χ2n) is 3.14. The fraction of sp³-hybridized carbons (Fsp3) is 0.400. The lowest BCUT2D eigenvalue weighted by Crippen LogP contribution is -2.23. The van der Waals surface area contributed by atoms with E-state index in [4.69, 9.17) is 17.3 Å². The van der Waals surface area contributed by atoms with Crippen LogP contribution in [-0.2, 0) is 0 Å². The molecule has 0 saturated heterocycles. The molecule has 1 aromatic rings. The SMILES string of the molecule is CC(C)C(N)C#Cc1ccc(Cl)s1. The first-order valence-electron chi connectivity index (χ1n) is 4.12. The molecule has 1 heterocycles. The second-order valence-corrected chi connectivity index (χ2v) is 4.86. The van der Waals surface area contributed by atoms with Crippen LogP contribution < -0.4 is 5.73 Å². The maximum absolute atomic E-state index is 5.77. The molecule has 1 nitrogen and oxygen atoms in total. The van der Waals surface area contributed by atoms with Gasteiger partial charge >= 0.3 is 0 Å². The van der Waals surface area contributed by atoms with Gasteiger partial charge in [0.2, 0.25) is 0 Å². The number of thiophene rings is 1. The molecule has 0 aliphatic heterocycles. The Morgan fingerprint density at radius 3 is 2.62 bits per heavy atom. The van der Waals surface area contributed by atoms with E-state index in [1.807, 2.05) is 12.1 Å². The highest BCUT2D eigenvalue weighted by molar-refractivity contribution is 7.16. The van der Waals surface area contributed by atoms with Crippen LogP contribution >= 0.6 is 22.9 Å². The highest BCUT2D eigenvalue weighted by atomic mass is 35.5. The van der Waals surface area contributed by atoms with E-state index in [2.05, 4.69) is 25.7 Å². The highest BCUT2D eigenvalue weighted by Gasteiger charge is 2.02.